The van der Waals surface area contributed by atoms with Crippen LogP contribution in [-0.4, -0.2) is 5.11 Å². The van der Waals surface area contributed by atoms with Gasteiger partial charge in [0.15, 0.2) is 11.6 Å². The second kappa shape index (κ2) is 5.14. The summed E-state index contributed by atoms with van der Waals surface area (Å²) in [6.45, 7) is 0. The number of aliphatic hydroxyl groups excluding tert-OH is 1. The summed E-state index contributed by atoms with van der Waals surface area (Å²) in [6, 6.07) is 5.10. The summed E-state index contributed by atoms with van der Waals surface area (Å²) in [5, 5.41) is 10.1. The Morgan fingerprint density at radius 1 is 1.12 bits per heavy atom. The predicted octanol–water partition coefficient (Wildman–Crippen LogP) is 4.63. The molecule has 0 spiro atoms. The zero-order valence-electron chi connectivity index (χ0n) is 8.25. The lowest BCUT2D eigenvalue weighted by molar-refractivity contribution is 0.219. The van der Waals surface area contributed by atoms with Gasteiger partial charge in [0.05, 0.1) is 7.57 Å². The van der Waals surface area contributed by atoms with Gasteiger partial charge >= 0.3 is 0 Å². The monoisotopic (exact) mass is 382 g/mol. The maximum absolute atomic E-state index is 13.1. The van der Waals surface area contributed by atoms with E-state index in [-0.39, 0.29) is 0 Å². The van der Waals surface area contributed by atoms with Crippen molar-refractivity contribution in [3.05, 3.63) is 54.6 Å². The fraction of sp³-hybridized carbons (Fsp3) is 0.0909. The molecule has 1 aromatic heterocycles. The van der Waals surface area contributed by atoms with E-state index in [2.05, 4.69) is 31.9 Å². The predicted molar refractivity (Wildman–Crippen MR) is 70.1 cm³/mol. The van der Waals surface area contributed by atoms with Crippen LogP contribution < -0.4 is 0 Å². The molecule has 0 bridgehead atoms. The molecule has 0 radical (unpaired) electrons. The van der Waals surface area contributed by atoms with E-state index in [0.717, 1.165) is 19.7 Å². The number of thiophene rings is 1. The molecule has 6 heteroatoms. The molecule has 0 aliphatic carbocycles. The van der Waals surface area contributed by atoms with Crippen LogP contribution in [0.1, 0.15) is 17.2 Å². The van der Waals surface area contributed by atoms with Crippen LogP contribution in [0.3, 0.4) is 0 Å². The molecule has 0 aliphatic heterocycles. The van der Waals surface area contributed by atoms with Crippen molar-refractivity contribution in [2.75, 3.05) is 0 Å². The highest BCUT2D eigenvalue weighted by atomic mass is 79.9. The summed E-state index contributed by atoms with van der Waals surface area (Å²) >= 11 is 8.01. The van der Waals surface area contributed by atoms with Crippen molar-refractivity contribution >= 4 is 43.2 Å². The molecule has 2 rings (SSSR count). The lowest BCUT2D eigenvalue weighted by atomic mass is 10.0. The molecule has 0 saturated heterocycles. The van der Waals surface area contributed by atoms with E-state index in [1.165, 1.54) is 17.4 Å². The highest BCUT2D eigenvalue weighted by Gasteiger charge is 2.17. The molecule has 0 saturated carbocycles. The Kier molecular flexibility index (Phi) is 3.97. The van der Waals surface area contributed by atoms with Gasteiger partial charge in [-0.05, 0) is 55.6 Å². The smallest absolute Gasteiger partial charge is 0.159 e. The van der Waals surface area contributed by atoms with E-state index < -0.39 is 17.7 Å². The van der Waals surface area contributed by atoms with Crippen molar-refractivity contribution in [2.45, 2.75) is 6.10 Å². The van der Waals surface area contributed by atoms with Gasteiger partial charge in [-0.3, -0.25) is 0 Å². The first-order valence-electron chi connectivity index (χ1n) is 4.57. The molecule has 0 aliphatic rings. The second-order valence-corrected chi connectivity index (χ2v) is 7.10. The Bertz CT molecular complexity index is 556. The zero-order valence-corrected chi connectivity index (χ0v) is 12.2. The number of benzene rings is 1. The molecule has 1 heterocycles. The fourth-order valence-electron chi connectivity index (χ4n) is 1.40. The Labute approximate surface area is 117 Å². The van der Waals surface area contributed by atoms with Crippen molar-refractivity contribution in [1.29, 1.82) is 0 Å². The standard InChI is InChI=1S/C11H6Br2F2OS/c12-9-4-6(11(13)17-9)10(16)5-1-2-7(14)8(15)3-5/h1-4,10,16H. The maximum atomic E-state index is 13.1. The molecule has 2 aromatic rings. The van der Waals surface area contributed by atoms with Gasteiger partial charge in [-0.2, -0.15) is 0 Å². The number of rotatable bonds is 2. The third kappa shape index (κ3) is 2.76. The van der Waals surface area contributed by atoms with Crippen LogP contribution in [0.2, 0.25) is 0 Å². The minimum Gasteiger partial charge on any atom is -0.384 e. The average molecular weight is 384 g/mol. The van der Waals surface area contributed by atoms with Crippen molar-refractivity contribution < 1.29 is 13.9 Å². The summed E-state index contributed by atoms with van der Waals surface area (Å²) in [4.78, 5) is 0. The lowest BCUT2D eigenvalue weighted by Gasteiger charge is -2.10. The molecule has 1 nitrogen and oxygen atoms in total. The SMILES string of the molecule is OC(c1ccc(F)c(F)c1)c1cc(Br)sc1Br. The molecule has 0 fully saturated rings. The van der Waals surface area contributed by atoms with Gasteiger partial charge < -0.3 is 5.11 Å². The Morgan fingerprint density at radius 2 is 1.82 bits per heavy atom. The maximum Gasteiger partial charge on any atom is 0.159 e. The van der Waals surface area contributed by atoms with E-state index in [1.54, 1.807) is 6.07 Å². The van der Waals surface area contributed by atoms with E-state index in [0.29, 0.717) is 11.1 Å². The minimum atomic E-state index is -0.984. The number of hydrogen-bond donors (Lipinski definition) is 1. The first-order chi connectivity index (χ1) is 7.99. The van der Waals surface area contributed by atoms with E-state index in [1.807, 2.05) is 0 Å². The summed E-state index contributed by atoms with van der Waals surface area (Å²) < 4.78 is 27.4. The summed E-state index contributed by atoms with van der Waals surface area (Å²) in [5.41, 5.74) is 0.933. The Morgan fingerprint density at radius 3 is 2.35 bits per heavy atom. The molecular weight excluding hydrogens is 378 g/mol. The van der Waals surface area contributed by atoms with E-state index >= 15 is 0 Å². The largest absolute Gasteiger partial charge is 0.384 e. The summed E-state index contributed by atoms with van der Waals surface area (Å²) in [7, 11) is 0. The topological polar surface area (TPSA) is 20.2 Å². The summed E-state index contributed by atoms with van der Waals surface area (Å²) in [5.74, 6) is -1.89. The van der Waals surface area contributed by atoms with Crippen molar-refractivity contribution in [2.24, 2.45) is 0 Å². The quantitative estimate of drug-likeness (QED) is 0.801. The molecule has 0 amide bonds. The van der Waals surface area contributed by atoms with Crippen molar-refractivity contribution in [3.63, 3.8) is 0 Å². The van der Waals surface area contributed by atoms with E-state index in [4.69, 9.17) is 0 Å². The zero-order chi connectivity index (χ0) is 12.6. The summed E-state index contributed by atoms with van der Waals surface area (Å²) in [6.07, 6.45) is -0.984. The molecule has 1 atom stereocenters. The van der Waals surface area contributed by atoms with Crippen LogP contribution in [0.4, 0.5) is 8.78 Å². The molecule has 1 N–H and O–H groups in total. The van der Waals surface area contributed by atoms with Gasteiger partial charge in [-0.25, -0.2) is 8.78 Å². The molecule has 1 unspecified atom stereocenters. The fourth-order valence-corrected chi connectivity index (χ4v) is 4.29. The van der Waals surface area contributed by atoms with Crippen LogP contribution in [0.25, 0.3) is 0 Å². The highest BCUT2D eigenvalue weighted by Crippen LogP contribution is 2.37. The molecule has 90 valence electrons. The number of hydrogen-bond acceptors (Lipinski definition) is 2. The van der Waals surface area contributed by atoms with Gasteiger partial charge in [0.25, 0.3) is 0 Å². The van der Waals surface area contributed by atoms with Crippen molar-refractivity contribution in [3.8, 4) is 0 Å². The molecule has 17 heavy (non-hydrogen) atoms. The Hall–Kier alpha value is -0.300. The number of halogens is 4. The number of aliphatic hydroxyl groups is 1. The normalized spacial score (nSPS) is 12.8. The van der Waals surface area contributed by atoms with Gasteiger partial charge in [0, 0.05) is 5.56 Å². The third-order valence-electron chi connectivity index (χ3n) is 2.24. The first-order valence-corrected chi connectivity index (χ1v) is 6.97. The van der Waals surface area contributed by atoms with Gasteiger partial charge in [0.2, 0.25) is 0 Å². The van der Waals surface area contributed by atoms with Crippen LogP contribution in [0, 0.1) is 11.6 Å². The minimum absolute atomic E-state index is 0.315. The average Bonchev–Trinajstić information content (AvgIpc) is 2.61. The second-order valence-electron chi connectivity index (χ2n) is 3.36. The Balaban J connectivity index is 2.40. The lowest BCUT2D eigenvalue weighted by Crippen LogP contribution is -2.00. The highest BCUT2D eigenvalue weighted by molar-refractivity contribution is 9.12. The van der Waals surface area contributed by atoms with Crippen LogP contribution in [-0.2, 0) is 0 Å². The first kappa shape index (κ1) is 13.1. The van der Waals surface area contributed by atoms with Crippen LogP contribution >= 0.6 is 43.2 Å². The van der Waals surface area contributed by atoms with Gasteiger partial charge in [-0.1, -0.05) is 6.07 Å². The van der Waals surface area contributed by atoms with E-state index in [9.17, 15) is 13.9 Å². The third-order valence-corrected chi connectivity index (χ3v) is 4.62. The van der Waals surface area contributed by atoms with Crippen LogP contribution in [0.15, 0.2) is 31.8 Å². The van der Waals surface area contributed by atoms with Gasteiger partial charge in [-0.15, -0.1) is 11.3 Å². The molecular formula is C11H6Br2F2OS. The van der Waals surface area contributed by atoms with Gasteiger partial charge in [0.1, 0.15) is 6.10 Å². The van der Waals surface area contributed by atoms with Crippen LogP contribution in [0.5, 0.6) is 0 Å². The molecule has 1 aromatic carbocycles. The van der Waals surface area contributed by atoms with Crippen molar-refractivity contribution in [1.82, 2.24) is 0 Å².